The first-order chi connectivity index (χ1) is 13.2. The third kappa shape index (κ3) is 4.03. The Morgan fingerprint density at radius 2 is 1.96 bits per heavy atom. The molecular formula is C22H23N3O2. The predicted octanol–water partition coefficient (Wildman–Crippen LogP) is 3.79. The van der Waals surface area contributed by atoms with Gasteiger partial charge in [-0.15, -0.1) is 0 Å². The van der Waals surface area contributed by atoms with E-state index in [1.165, 1.54) is 5.39 Å². The van der Waals surface area contributed by atoms with E-state index >= 15 is 0 Å². The fourth-order valence-corrected chi connectivity index (χ4v) is 3.62. The average molecular weight is 361 g/mol. The molecule has 5 nitrogen and oxygen atoms in total. The maximum absolute atomic E-state index is 12.4. The molecule has 0 bridgehead atoms. The maximum Gasteiger partial charge on any atom is 0.226 e. The zero-order chi connectivity index (χ0) is 18.6. The number of para-hydroxylation sites is 1. The molecule has 2 aromatic carbocycles. The van der Waals surface area contributed by atoms with Gasteiger partial charge in [-0.25, -0.2) is 0 Å². The van der Waals surface area contributed by atoms with Crippen LogP contribution in [-0.4, -0.2) is 27.8 Å². The number of hydrogen-bond acceptors (Lipinski definition) is 2. The fraction of sp³-hybridized carbons (Fsp3) is 0.273. The number of carbonyl (C=O) groups excluding carboxylic acids is 2. The number of nitrogens with one attached hydrogen (secondary N) is 1. The lowest BCUT2D eigenvalue weighted by molar-refractivity contribution is -0.128. The van der Waals surface area contributed by atoms with Gasteiger partial charge in [-0.05, 0) is 41.6 Å². The molecule has 0 radical (unpaired) electrons. The minimum atomic E-state index is -0.0119. The number of benzene rings is 2. The van der Waals surface area contributed by atoms with E-state index in [-0.39, 0.29) is 11.8 Å². The van der Waals surface area contributed by atoms with Crippen LogP contribution in [0.1, 0.15) is 24.8 Å². The highest BCUT2D eigenvalue weighted by Gasteiger charge is 2.20. The number of aryl methyl sites for hydroxylation is 1. The van der Waals surface area contributed by atoms with Crippen molar-refractivity contribution in [2.24, 2.45) is 0 Å². The summed E-state index contributed by atoms with van der Waals surface area (Å²) in [6.45, 7) is 2.07. The van der Waals surface area contributed by atoms with Crippen molar-refractivity contribution < 1.29 is 9.59 Å². The lowest BCUT2D eigenvalue weighted by Crippen LogP contribution is -2.23. The van der Waals surface area contributed by atoms with Crippen LogP contribution >= 0.6 is 0 Å². The van der Waals surface area contributed by atoms with Crippen LogP contribution < -0.4 is 5.32 Å². The summed E-state index contributed by atoms with van der Waals surface area (Å²) >= 11 is 0. The first kappa shape index (κ1) is 17.3. The summed E-state index contributed by atoms with van der Waals surface area (Å²) in [7, 11) is 0. The van der Waals surface area contributed by atoms with Gasteiger partial charge < -0.3 is 14.8 Å². The van der Waals surface area contributed by atoms with Crippen LogP contribution in [0.5, 0.6) is 0 Å². The Bertz CT molecular complexity index is 976. The number of likely N-dealkylation sites (tertiary alicyclic amines) is 1. The lowest BCUT2D eigenvalue weighted by atomic mass is 10.2. The number of aromatic nitrogens is 1. The Morgan fingerprint density at radius 3 is 2.81 bits per heavy atom. The van der Waals surface area contributed by atoms with E-state index in [1.807, 2.05) is 47.5 Å². The van der Waals surface area contributed by atoms with Crippen molar-refractivity contribution in [2.75, 3.05) is 11.9 Å². The number of carbonyl (C=O) groups is 2. The Labute approximate surface area is 158 Å². The second-order valence-electron chi connectivity index (χ2n) is 6.99. The second kappa shape index (κ2) is 7.66. The molecule has 0 atom stereocenters. The Morgan fingerprint density at radius 1 is 1.07 bits per heavy atom. The van der Waals surface area contributed by atoms with Gasteiger partial charge in [-0.1, -0.05) is 30.3 Å². The molecule has 0 unspecified atom stereocenters. The van der Waals surface area contributed by atoms with E-state index in [0.717, 1.165) is 29.7 Å². The van der Waals surface area contributed by atoms with Crippen molar-refractivity contribution in [3.8, 4) is 0 Å². The van der Waals surface area contributed by atoms with Crippen LogP contribution in [0.25, 0.3) is 10.9 Å². The first-order valence-corrected chi connectivity index (χ1v) is 9.39. The molecule has 138 valence electrons. The molecule has 4 rings (SSSR count). The normalized spacial score (nSPS) is 14.1. The largest absolute Gasteiger partial charge is 0.347 e. The Hall–Kier alpha value is -3.08. The van der Waals surface area contributed by atoms with E-state index in [2.05, 4.69) is 28.1 Å². The molecule has 0 aliphatic carbocycles. The van der Waals surface area contributed by atoms with Crippen LogP contribution in [0.4, 0.5) is 5.69 Å². The van der Waals surface area contributed by atoms with Crippen molar-refractivity contribution in [2.45, 2.75) is 32.4 Å². The smallest absolute Gasteiger partial charge is 0.226 e. The SMILES string of the molecule is O=C(CCn1ccc2ccccc21)Nc1cccc(CN2CCCC2=O)c1. The molecule has 1 fully saturated rings. The van der Waals surface area contributed by atoms with Gasteiger partial charge in [0.15, 0.2) is 0 Å². The fourth-order valence-electron chi connectivity index (χ4n) is 3.62. The summed E-state index contributed by atoms with van der Waals surface area (Å²) in [6, 6.07) is 18.0. The second-order valence-corrected chi connectivity index (χ2v) is 6.99. The molecule has 1 aromatic heterocycles. The zero-order valence-electron chi connectivity index (χ0n) is 15.2. The van der Waals surface area contributed by atoms with Crippen LogP contribution in [0.3, 0.4) is 0 Å². The van der Waals surface area contributed by atoms with E-state index in [0.29, 0.717) is 25.9 Å². The van der Waals surface area contributed by atoms with Crippen molar-refractivity contribution in [3.63, 3.8) is 0 Å². The summed E-state index contributed by atoms with van der Waals surface area (Å²) in [6.07, 6.45) is 4.01. The molecule has 2 heterocycles. The number of rotatable bonds is 6. The van der Waals surface area contributed by atoms with Crippen molar-refractivity contribution in [3.05, 3.63) is 66.4 Å². The molecular weight excluding hydrogens is 338 g/mol. The summed E-state index contributed by atoms with van der Waals surface area (Å²) in [5.74, 6) is 0.200. The van der Waals surface area contributed by atoms with Gasteiger partial charge in [0.1, 0.15) is 0 Å². The number of amides is 2. The minimum absolute atomic E-state index is 0.0119. The minimum Gasteiger partial charge on any atom is -0.347 e. The predicted molar refractivity (Wildman–Crippen MR) is 106 cm³/mol. The highest BCUT2D eigenvalue weighted by Crippen LogP contribution is 2.18. The van der Waals surface area contributed by atoms with Crippen LogP contribution in [0, 0.1) is 0 Å². The van der Waals surface area contributed by atoms with Gasteiger partial charge in [-0.3, -0.25) is 9.59 Å². The summed E-state index contributed by atoms with van der Waals surface area (Å²) in [5, 5.41) is 4.16. The highest BCUT2D eigenvalue weighted by molar-refractivity contribution is 5.91. The van der Waals surface area contributed by atoms with Gasteiger partial charge in [0, 0.05) is 49.9 Å². The van der Waals surface area contributed by atoms with Gasteiger partial charge in [0.05, 0.1) is 0 Å². The highest BCUT2D eigenvalue weighted by atomic mass is 16.2. The Kier molecular flexibility index (Phi) is 4.92. The molecule has 5 heteroatoms. The van der Waals surface area contributed by atoms with E-state index in [4.69, 9.17) is 0 Å². The van der Waals surface area contributed by atoms with E-state index in [9.17, 15) is 9.59 Å². The van der Waals surface area contributed by atoms with E-state index < -0.39 is 0 Å². The number of anilines is 1. The molecule has 27 heavy (non-hydrogen) atoms. The molecule has 2 amide bonds. The molecule has 1 saturated heterocycles. The van der Waals surface area contributed by atoms with Crippen molar-refractivity contribution in [1.29, 1.82) is 0 Å². The van der Waals surface area contributed by atoms with Crippen LogP contribution in [0.2, 0.25) is 0 Å². The first-order valence-electron chi connectivity index (χ1n) is 9.39. The number of hydrogen-bond donors (Lipinski definition) is 1. The summed E-state index contributed by atoms with van der Waals surface area (Å²) in [5.41, 5.74) is 2.96. The van der Waals surface area contributed by atoms with Gasteiger partial charge in [0.2, 0.25) is 11.8 Å². The average Bonchev–Trinajstić information content (AvgIpc) is 3.27. The van der Waals surface area contributed by atoms with Gasteiger partial charge in [0.25, 0.3) is 0 Å². The molecule has 1 N–H and O–H groups in total. The third-order valence-electron chi connectivity index (χ3n) is 5.02. The molecule has 1 aliphatic rings. The number of nitrogens with zero attached hydrogens (tertiary/aromatic N) is 2. The van der Waals surface area contributed by atoms with E-state index in [1.54, 1.807) is 0 Å². The molecule has 3 aromatic rings. The molecule has 1 aliphatic heterocycles. The molecule has 0 saturated carbocycles. The maximum atomic E-state index is 12.4. The van der Waals surface area contributed by atoms with Crippen molar-refractivity contribution in [1.82, 2.24) is 9.47 Å². The topological polar surface area (TPSA) is 54.3 Å². The summed E-state index contributed by atoms with van der Waals surface area (Å²) in [4.78, 5) is 26.0. The monoisotopic (exact) mass is 361 g/mol. The molecule has 0 spiro atoms. The summed E-state index contributed by atoms with van der Waals surface area (Å²) < 4.78 is 2.10. The van der Waals surface area contributed by atoms with Crippen LogP contribution in [0.15, 0.2) is 60.8 Å². The standard InChI is InChI=1S/C22H23N3O2/c26-21(11-14-24-13-10-18-6-1-2-8-20(18)24)23-19-7-3-5-17(15-19)16-25-12-4-9-22(25)27/h1-3,5-8,10,13,15H,4,9,11-12,14,16H2,(H,23,26). The third-order valence-corrected chi connectivity index (χ3v) is 5.02. The quantitative estimate of drug-likeness (QED) is 0.726. The van der Waals surface area contributed by atoms with Crippen LogP contribution in [-0.2, 0) is 22.7 Å². The van der Waals surface area contributed by atoms with Gasteiger partial charge >= 0.3 is 0 Å². The van der Waals surface area contributed by atoms with Crippen molar-refractivity contribution >= 4 is 28.4 Å². The lowest BCUT2D eigenvalue weighted by Gasteiger charge is -2.16. The zero-order valence-corrected chi connectivity index (χ0v) is 15.2. The Balaban J connectivity index is 1.35. The number of fused-ring (bicyclic) bond motifs is 1. The van der Waals surface area contributed by atoms with Gasteiger partial charge in [-0.2, -0.15) is 0 Å².